The van der Waals surface area contributed by atoms with E-state index in [1.165, 1.54) is 7.11 Å². The molecule has 0 aliphatic heterocycles. The molecule has 0 amide bonds. The van der Waals surface area contributed by atoms with Crippen LogP contribution in [0.25, 0.3) is 0 Å². The van der Waals surface area contributed by atoms with Gasteiger partial charge in [-0.05, 0) is 6.92 Å². The molecule has 0 bridgehead atoms. The highest BCUT2D eigenvalue weighted by Crippen LogP contribution is 1.95. The molecular formula is C10H18O5. The van der Waals surface area contributed by atoms with Crippen molar-refractivity contribution in [1.29, 1.82) is 0 Å². The van der Waals surface area contributed by atoms with Gasteiger partial charge in [0.25, 0.3) is 0 Å². The molecule has 0 N–H and O–H groups in total. The van der Waals surface area contributed by atoms with Crippen molar-refractivity contribution in [1.82, 2.24) is 0 Å². The third kappa shape index (κ3) is 8.11. The Morgan fingerprint density at radius 1 is 1.53 bits per heavy atom. The SMILES string of the molecule is C=C[C@H](COCC(=O)OCC)OCOC. The van der Waals surface area contributed by atoms with Gasteiger partial charge >= 0.3 is 5.97 Å². The average Bonchev–Trinajstić information content (AvgIpc) is 2.23. The Balaban J connectivity index is 3.53. The van der Waals surface area contributed by atoms with Crippen LogP contribution in [0.15, 0.2) is 12.7 Å². The lowest BCUT2D eigenvalue weighted by Gasteiger charge is -2.12. The van der Waals surface area contributed by atoms with Crippen molar-refractivity contribution < 1.29 is 23.7 Å². The summed E-state index contributed by atoms with van der Waals surface area (Å²) in [4.78, 5) is 10.9. The first-order chi connectivity index (χ1) is 7.24. The minimum absolute atomic E-state index is 0.0749. The summed E-state index contributed by atoms with van der Waals surface area (Å²) in [7, 11) is 1.53. The molecule has 0 radical (unpaired) electrons. The highest BCUT2D eigenvalue weighted by molar-refractivity contribution is 5.70. The summed E-state index contributed by atoms with van der Waals surface area (Å²) in [5.41, 5.74) is 0. The second-order valence-electron chi connectivity index (χ2n) is 2.67. The average molecular weight is 218 g/mol. The van der Waals surface area contributed by atoms with Crippen molar-refractivity contribution in [2.75, 3.05) is 33.7 Å². The van der Waals surface area contributed by atoms with Gasteiger partial charge in [-0.3, -0.25) is 0 Å². The zero-order valence-electron chi connectivity index (χ0n) is 9.23. The van der Waals surface area contributed by atoms with E-state index in [1.807, 2.05) is 0 Å². The maximum Gasteiger partial charge on any atom is 0.332 e. The molecule has 5 heteroatoms. The number of carbonyl (C=O) groups excluding carboxylic acids is 1. The smallest absolute Gasteiger partial charge is 0.332 e. The molecule has 0 unspecified atom stereocenters. The predicted molar refractivity (Wildman–Crippen MR) is 54.4 cm³/mol. The third-order valence-corrected chi connectivity index (χ3v) is 1.47. The van der Waals surface area contributed by atoms with Crippen LogP contribution in [-0.2, 0) is 23.7 Å². The lowest BCUT2D eigenvalue weighted by atomic mass is 10.4. The van der Waals surface area contributed by atoms with Crippen LogP contribution >= 0.6 is 0 Å². The van der Waals surface area contributed by atoms with Crippen LogP contribution in [0.5, 0.6) is 0 Å². The van der Waals surface area contributed by atoms with Crippen LogP contribution in [-0.4, -0.2) is 45.8 Å². The number of methoxy groups -OCH3 is 1. The van der Waals surface area contributed by atoms with Gasteiger partial charge in [-0.15, -0.1) is 6.58 Å². The fraction of sp³-hybridized carbons (Fsp3) is 0.700. The van der Waals surface area contributed by atoms with Gasteiger partial charge in [-0.1, -0.05) is 6.08 Å². The van der Waals surface area contributed by atoms with Gasteiger partial charge in [-0.2, -0.15) is 0 Å². The second-order valence-corrected chi connectivity index (χ2v) is 2.67. The molecule has 0 saturated carbocycles. The summed E-state index contributed by atoms with van der Waals surface area (Å²) in [6.07, 6.45) is 1.31. The summed E-state index contributed by atoms with van der Waals surface area (Å²) in [6, 6.07) is 0. The van der Waals surface area contributed by atoms with Crippen molar-refractivity contribution in [3.8, 4) is 0 Å². The van der Waals surface area contributed by atoms with E-state index < -0.39 is 0 Å². The Labute approximate surface area is 89.9 Å². The van der Waals surface area contributed by atoms with E-state index in [2.05, 4.69) is 11.3 Å². The van der Waals surface area contributed by atoms with Crippen molar-refractivity contribution in [3.63, 3.8) is 0 Å². The highest BCUT2D eigenvalue weighted by atomic mass is 16.7. The second kappa shape index (κ2) is 9.64. The first-order valence-electron chi connectivity index (χ1n) is 4.71. The fourth-order valence-corrected chi connectivity index (χ4v) is 0.801. The molecule has 0 saturated heterocycles. The Hall–Kier alpha value is -0.910. The summed E-state index contributed by atoms with van der Waals surface area (Å²) in [5.74, 6) is -0.382. The molecule has 1 atom stereocenters. The number of hydrogen-bond donors (Lipinski definition) is 0. The lowest BCUT2D eigenvalue weighted by Crippen LogP contribution is -2.21. The minimum atomic E-state index is -0.382. The van der Waals surface area contributed by atoms with Gasteiger partial charge in [-0.25, -0.2) is 4.79 Å². The Morgan fingerprint density at radius 2 is 2.27 bits per heavy atom. The summed E-state index contributed by atoms with van der Waals surface area (Å²) < 4.78 is 19.6. The molecule has 0 aromatic rings. The van der Waals surface area contributed by atoms with Gasteiger partial charge in [0.15, 0.2) is 0 Å². The molecule has 0 aromatic carbocycles. The molecule has 0 aliphatic rings. The number of ether oxygens (including phenoxy) is 4. The van der Waals surface area contributed by atoms with E-state index in [9.17, 15) is 4.79 Å². The van der Waals surface area contributed by atoms with Gasteiger partial charge in [0.2, 0.25) is 0 Å². The molecule has 0 spiro atoms. The molecular weight excluding hydrogens is 200 g/mol. The largest absolute Gasteiger partial charge is 0.464 e. The van der Waals surface area contributed by atoms with Crippen LogP contribution in [0, 0.1) is 0 Å². The van der Waals surface area contributed by atoms with Gasteiger partial charge in [0.1, 0.15) is 19.5 Å². The number of hydrogen-bond acceptors (Lipinski definition) is 5. The zero-order valence-corrected chi connectivity index (χ0v) is 9.23. The van der Waals surface area contributed by atoms with Crippen molar-refractivity contribution >= 4 is 5.97 Å². The quantitative estimate of drug-likeness (QED) is 0.324. The lowest BCUT2D eigenvalue weighted by molar-refractivity contribution is -0.150. The number of esters is 1. The third-order valence-electron chi connectivity index (χ3n) is 1.47. The first kappa shape index (κ1) is 14.1. The summed E-state index contributed by atoms with van der Waals surface area (Å²) in [6.45, 7) is 6.01. The normalized spacial score (nSPS) is 12.1. The van der Waals surface area contributed by atoms with E-state index >= 15 is 0 Å². The summed E-state index contributed by atoms with van der Waals surface area (Å²) in [5, 5.41) is 0. The number of rotatable bonds is 9. The maximum atomic E-state index is 10.9. The Kier molecular flexibility index (Phi) is 9.05. The van der Waals surface area contributed by atoms with Gasteiger partial charge < -0.3 is 18.9 Å². The zero-order chi connectivity index (χ0) is 11.5. The predicted octanol–water partition coefficient (Wildman–Crippen LogP) is 0.741. The molecule has 88 valence electrons. The van der Waals surface area contributed by atoms with Crippen LogP contribution in [0.2, 0.25) is 0 Å². The Morgan fingerprint density at radius 3 is 2.80 bits per heavy atom. The molecule has 0 fully saturated rings. The van der Waals surface area contributed by atoms with E-state index in [-0.39, 0.29) is 32.1 Å². The van der Waals surface area contributed by atoms with E-state index in [0.29, 0.717) is 6.61 Å². The monoisotopic (exact) mass is 218 g/mol. The molecule has 0 aliphatic carbocycles. The van der Waals surface area contributed by atoms with Gasteiger partial charge in [0, 0.05) is 7.11 Å². The van der Waals surface area contributed by atoms with Crippen molar-refractivity contribution in [2.24, 2.45) is 0 Å². The van der Waals surface area contributed by atoms with Gasteiger partial charge in [0.05, 0.1) is 13.2 Å². The van der Waals surface area contributed by atoms with Crippen LogP contribution in [0.4, 0.5) is 0 Å². The molecule has 0 aromatic heterocycles. The van der Waals surface area contributed by atoms with E-state index in [0.717, 1.165) is 0 Å². The Bertz CT molecular complexity index is 181. The minimum Gasteiger partial charge on any atom is -0.464 e. The van der Waals surface area contributed by atoms with Crippen molar-refractivity contribution in [2.45, 2.75) is 13.0 Å². The van der Waals surface area contributed by atoms with Crippen LogP contribution in [0.1, 0.15) is 6.92 Å². The first-order valence-corrected chi connectivity index (χ1v) is 4.71. The summed E-state index contributed by atoms with van der Waals surface area (Å²) >= 11 is 0. The van der Waals surface area contributed by atoms with E-state index in [1.54, 1.807) is 13.0 Å². The molecule has 5 nitrogen and oxygen atoms in total. The van der Waals surface area contributed by atoms with Crippen molar-refractivity contribution in [3.05, 3.63) is 12.7 Å². The molecule has 0 heterocycles. The number of carbonyl (C=O) groups is 1. The van der Waals surface area contributed by atoms with Crippen LogP contribution < -0.4 is 0 Å². The van der Waals surface area contributed by atoms with E-state index in [4.69, 9.17) is 14.2 Å². The topological polar surface area (TPSA) is 54.0 Å². The molecule has 0 rings (SSSR count). The fourth-order valence-electron chi connectivity index (χ4n) is 0.801. The maximum absolute atomic E-state index is 10.9. The molecule has 15 heavy (non-hydrogen) atoms. The highest BCUT2D eigenvalue weighted by Gasteiger charge is 2.07. The van der Waals surface area contributed by atoms with Crippen LogP contribution in [0.3, 0.4) is 0 Å². The standard InChI is InChI=1S/C10H18O5/c1-4-9(15-8-12-3)6-13-7-10(11)14-5-2/h4,9H,1,5-8H2,2-3H3/t9-/m1/s1.